The molecule has 92 valence electrons. The van der Waals surface area contributed by atoms with E-state index < -0.39 is 10.1 Å². The third-order valence-corrected chi connectivity index (χ3v) is 3.21. The van der Waals surface area contributed by atoms with Crippen LogP contribution in [0.5, 0.6) is 0 Å². The predicted octanol–water partition coefficient (Wildman–Crippen LogP) is 1.90. The van der Waals surface area contributed by atoms with Crippen molar-refractivity contribution in [2.45, 2.75) is 25.7 Å². The lowest BCUT2D eigenvalue weighted by Gasteiger charge is -2.09. The van der Waals surface area contributed by atoms with Crippen molar-refractivity contribution in [3.8, 4) is 6.07 Å². The monoisotopic (exact) mass is 254 g/mol. The van der Waals surface area contributed by atoms with Crippen molar-refractivity contribution in [2.24, 2.45) is 5.16 Å². The lowest BCUT2D eigenvalue weighted by Crippen LogP contribution is -2.09. The summed E-state index contributed by atoms with van der Waals surface area (Å²) in [5.41, 5.74) is 0.796. The highest BCUT2D eigenvalue weighted by atomic mass is 32.2. The fourth-order valence-electron chi connectivity index (χ4n) is 1.47. The van der Waals surface area contributed by atoms with Gasteiger partial charge in [-0.1, -0.05) is 17.3 Å². The van der Waals surface area contributed by atoms with E-state index in [1.807, 2.05) is 12.1 Å². The fourth-order valence-corrected chi connectivity index (χ4v) is 2.01. The molecule has 1 rings (SSSR count). The van der Waals surface area contributed by atoms with E-state index in [1.165, 1.54) is 6.08 Å². The second-order valence-corrected chi connectivity index (χ2v) is 5.21. The van der Waals surface area contributed by atoms with E-state index in [4.69, 9.17) is 5.26 Å². The molecule has 0 saturated heterocycles. The van der Waals surface area contributed by atoms with Crippen molar-refractivity contribution in [3.63, 3.8) is 0 Å². The molecular formula is C11H14N2O3S. The molecule has 0 atom stereocenters. The van der Waals surface area contributed by atoms with Crippen molar-refractivity contribution >= 4 is 15.8 Å². The van der Waals surface area contributed by atoms with Crippen LogP contribution in [0.4, 0.5) is 0 Å². The van der Waals surface area contributed by atoms with E-state index in [2.05, 4.69) is 16.0 Å². The maximum Gasteiger partial charge on any atom is 0.332 e. The van der Waals surface area contributed by atoms with Gasteiger partial charge in [-0.25, -0.2) is 0 Å². The third kappa shape index (κ3) is 4.41. The van der Waals surface area contributed by atoms with Gasteiger partial charge in [-0.05, 0) is 31.3 Å². The minimum Gasteiger partial charge on any atom is -0.267 e. The van der Waals surface area contributed by atoms with Crippen molar-refractivity contribution in [3.05, 3.63) is 24.3 Å². The zero-order valence-electron chi connectivity index (χ0n) is 9.42. The van der Waals surface area contributed by atoms with Gasteiger partial charge < -0.3 is 0 Å². The van der Waals surface area contributed by atoms with Crippen LogP contribution < -0.4 is 0 Å². The zero-order valence-corrected chi connectivity index (χ0v) is 10.2. The third-order valence-electron chi connectivity index (χ3n) is 2.27. The van der Waals surface area contributed by atoms with Gasteiger partial charge in [0.15, 0.2) is 5.71 Å². The van der Waals surface area contributed by atoms with Crippen LogP contribution in [0.3, 0.4) is 0 Å². The SMILES string of the molecule is C=CCS(=O)(=O)ON=C(C#N)C1=CCCCC1. The molecule has 0 aliphatic heterocycles. The van der Waals surface area contributed by atoms with Gasteiger partial charge in [0, 0.05) is 0 Å². The first kappa shape index (κ1) is 13.5. The molecule has 0 amide bonds. The molecule has 0 saturated carbocycles. The average molecular weight is 254 g/mol. The number of rotatable bonds is 5. The Labute approximate surface area is 101 Å². The zero-order chi connectivity index (χ0) is 12.7. The molecule has 0 aromatic carbocycles. The number of allylic oxidation sites excluding steroid dienone is 2. The molecule has 0 bridgehead atoms. The Morgan fingerprint density at radius 1 is 1.65 bits per heavy atom. The highest BCUT2D eigenvalue weighted by Gasteiger charge is 2.13. The van der Waals surface area contributed by atoms with Gasteiger partial charge in [-0.2, -0.15) is 13.7 Å². The Bertz CT molecular complexity index is 483. The maximum absolute atomic E-state index is 11.2. The maximum atomic E-state index is 11.2. The van der Waals surface area contributed by atoms with E-state index >= 15 is 0 Å². The van der Waals surface area contributed by atoms with Crippen LogP contribution in [0.15, 0.2) is 29.5 Å². The molecular weight excluding hydrogens is 240 g/mol. The van der Waals surface area contributed by atoms with E-state index in [-0.39, 0.29) is 11.5 Å². The van der Waals surface area contributed by atoms with Gasteiger partial charge >= 0.3 is 10.1 Å². The molecule has 6 heteroatoms. The Kier molecular flexibility index (Phi) is 4.91. The van der Waals surface area contributed by atoms with Crippen LogP contribution in [0.25, 0.3) is 0 Å². The van der Waals surface area contributed by atoms with E-state index in [1.54, 1.807) is 0 Å². The first-order valence-electron chi connectivity index (χ1n) is 5.29. The smallest absolute Gasteiger partial charge is 0.267 e. The van der Waals surface area contributed by atoms with Crippen molar-refractivity contribution in [1.29, 1.82) is 5.26 Å². The van der Waals surface area contributed by atoms with Crippen molar-refractivity contribution in [2.75, 3.05) is 5.75 Å². The number of hydrogen-bond acceptors (Lipinski definition) is 5. The van der Waals surface area contributed by atoms with Gasteiger partial charge in [0.2, 0.25) is 0 Å². The fraction of sp³-hybridized carbons (Fsp3) is 0.455. The molecule has 0 aromatic rings. The summed E-state index contributed by atoms with van der Waals surface area (Å²) < 4.78 is 26.8. The molecule has 0 N–H and O–H groups in total. The average Bonchev–Trinajstić information content (AvgIpc) is 2.31. The second kappa shape index (κ2) is 6.21. The lowest BCUT2D eigenvalue weighted by molar-refractivity contribution is 0.341. The minimum atomic E-state index is -3.76. The Hall–Kier alpha value is -1.61. The van der Waals surface area contributed by atoms with Crippen LogP contribution in [-0.4, -0.2) is 19.9 Å². The summed E-state index contributed by atoms with van der Waals surface area (Å²) in [5.74, 6) is -0.325. The molecule has 0 unspecified atom stereocenters. The van der Waals surface area contributed by atoms with Gasteiger partial charge in [0.05, 0.1) is 0 Å². The predicted molar refractivity (Wildman–Crippen MR) is 64.7 cm³/mol. The molecule has 0 spiro atoms. The van der Waals surface area contributed by atoms with Gasteiger partial charge in [0.25, 0.3) is 0 Å². The van der Waals surface area contributed by atoms with Crippen LogP contribution in [0, 0.1) is 11.3 Å². The molecule has 1 aliphatic rings. The molecule has 0 fully saturated rings. The van der Waals surface area contributed by atoms with Gasteiger partial charge in [-0.15, -0.1) is 6.58 Å². The van der Waals surface area contributed by atoms with Crippen LogP contribution in [-0.2, 0) is 14.4 Å². The van der Waals surface area contributed by atoms with Gasteiger partial charge in [0.1, 0.15) is 11.8 Å². The number of hydrogen-bond donors (Lipinski definition) is 0. The highest BCUT2D eigenvalue weighted by Crippen LogP contribution is 2.18. The first-order valence-corrected chi connectivity index (χ1v) is 6.86. The molecule has 0 radical (unpaired) electrons. The van der Waals surface area contributed by atoms with Crippen molar-refractivity contribution < 1.29 is 12.7 Å². The molecule has 1 aliphatic carbocycles. The Morgan fingerprint density at radius 2 is 2.41 bits per heavy atom. The number of oxime groups is 1. The van der Waals surface area contributed by atoms with E-state index in [9.17, 15) is 8.42 Å². The topological polar surface area (TPSA) is 79.5 Å². The normalized spacial score (nSPS) is 16.9. The summed E-state index contributed by atoms with van der Waals surface area (Å²) >= 11 is 0. The summed E-state index contributed by atoms with van der Waals surface area (Å²) in [7, 11) is -3.76. The van der Waals surface area contributed by atoms with Crippen LogP contribution >= 0.6 is 0 Å². The summed E-state index contributed by atoms with van der Waals surface area (Å²) in [4.78, 5) is 0. The second-order valence-electron chi connectivity index (χ2n) is 3.61. The number of nitrogens with zero attached hydrogens (tertiary/aromatic N) is 2. The first-order chi connectivity index (χ1) is 8.09. The lowest BCUT2D eigenvalue weighted by atomic mass is 9.97. The quantitative estimate of drug-likeness (QED) is 0.426. The van der Waals surface area contributed by atoms with Crippen LogP contribution in [0.1, 0.15) is 25.7 Å². The summed E-state index contributed by atoms with van der Waals surface area (Å²) in [6.45, 7) is 3.30. The largest absolute Gasteiger partial charge is 0.332 e. The minimum absolute atomic E-state index is 0.0392. The Morgan fingerprint density at radius 3 is 2.94 bits per heavy atom. The van der Waals surface area contributed by atoms with E-state index in [0.717, 1.165) is 31.3 Å². The molecule has 0 heterocycles. The van der Waals surface area contributed by atoms with Crippen LogP contribution in [0.2, 0.25) is 0 Å². The molecule has 5 nitrogen and oxygen atoms in total. The number of nitriles is 1. The van der Waals surface area contributed by atoms with E-state index in [0.29, 0.717) is 0 Å². The standard InChI is InChI=1S/C11H14N2O3S/c1-2-8-17(14,15)16-13-11(9-12)10-6-4-3-5-7-10/h2,6H,1,3-5,7-8H2. The van der Waals surface area contributed by atoms with Gasteiger partial charge in [-0.3, -0.25) is 4.28 Å². The van der Waals surface area contributed by atoms with Crippen molar-refractivity contribution in [1.82, 2.24) is 0 Å². The Balaban J connectivity index is 2.78. The summed E-state index contributed by atoms with van der Waals surface area (Å²) in [6.07, 6.45) is 6.78. The molecule has 17 heavy (non-hydrogen) atoms. The summed E-state index contributed by atoms with van der Waals surface area (Å²) in [6, 6.07) is 1.85. The highest BCUT2D eigenvalue weighted by molar-refractivity contribution is 7.86. The summed E-state index contributed by atoms with van der Waals surface area (Å²) in [5, 5.41) is 12.3. The molecule has 0 aromatic heterocycles.